The van der Waals surface area contributed by atoms with E-state index in [2.05, 4.69) is 62.4 Å². The molecule has 0 fully saturated rings. The first kappa shape index (κ1) is 13.8. The van der Waals surface area contributed by atoms with Gasteiger partial charge in [-0.2, -0.15) is 0 Å². The summed E-state index contributed by atoms with van der Waals surface area (Å²) in [5.41, 5.74) is 11.5. The van der Waals surface area contributed by atoms with Crippen LogP contribution in [0.15, 0.2) is 48.5 Å². The number of benzene rings is 2. The van der Waals surface area contributed by atoms with Gasteiger partial charge in [-0.3, -0.25) is 0 Å². The summed E-state index contributed by atoms with van der Waals surface area (Å²) in [6, 6.07) is 17.5. The fourth-order valence-corrected chi connectivity index (χ4v) is 2.24. The second-order valence-corrected chi connectivity index (χ2v) is 5.23. The summed E-state index contributed by atoms with van der Waals surface area (Å²) < 4.78 is 0. The molecular formula is C18H23N. The highest BCUT2D eigenvalue weighted by Gasteiger charge is 2.05. The molecule has 1 nitrogen and oxygen atoms in total. The average Bonchev–Trinajstić information content (AvgIpc) is 2.46. The Labute approximate surface area is 116 Å². The van der Waals surface area contributed by atoms with Crippen molar-refractivity contribution < 1.29 is 0 Å². The Balaban J connectivity index is 1.92. The van der Waals surface area contributed by atoms with E-state index >= 15 is 0 Å². The summed E-state index contributed by atoms with van der Waals surface area (Å²) in [6.07, 6.45) is 3.14. The third kappa shape index (κ3) is 3.93. The van der Waals surface area contributed by atoms with E-state index in [0.717, 1.165) is 19.3 Å². The molecule has 1 heteroatoms. The van der Waals surface area contributed by atoms with E-state index in [1.54, 1.807) is 0 Å². The number of nitrogens with two attached hydrogens (primary N) is 1. The van der Waals surface area contributed by atoms with E-state index in [1.165, 1.54) is 22.3 Å². The molecule has 0 aromatic heterocycles. The second kappa shape index (κ2) is 6.53. The van der Waals surface area contributed by atoms with E-state index in [9.17, 15) is 0 Å². The average molecular weight is 253 g/mol. The van der Waals surface area contributed by atoms with Crippen LogP contribution in [0.2, 0.25) is 0 Å². The molecule has 0 saturated heterocycles. The molecule has 2 rings (SSSR count). The Morgan fingerprint density at radius 2 is 1.47 bits per heavy atom. The smallest absolute Gasteiger partial charge is 0.0298 e. The Hall–Kier alpha value is -1.60. The van der Waals surface area contributed by atoms with Crippen molar-refractivity contribution in [2.24, 2.45) is 5.73 Å². The highest BCUT2D eigenvalue weighted by Crippen LogP contribution is 2.17. The molecule has 1 atom stereocenters. The van der Waals surface area contributed by atoms with Crippen molar-refractivity contribution in [3.63, 3.8) is 0 Å². The largest absolute Gasteiger partial charge is 0.324 e. The maximum Gasteiger partial charge on any atom is 0.0298 e. The van der Waals surface area contributed by atoms with Crippen molar-refractivity contribution in [3.05, 3.63) is 70.8 Å². The molecular weight excluding hydrogens is 230 g/mol. The quantitative estimate of drug-likeness (QED) is 0.849. The van der Waals surface area contributed by atoms with Crippen molar-refractivity contribution in [2.75, 3.05) is 0 Å². The number of rotatable bonds is 5. The van der Waals surface area contributed by atoms with Gasteiger partial charge in [0.2, 0.25) is 0 Å². The van der Waals surface area contributed by atoms with E-state index in [0.29, 0.717) is 0 Å². The minimum absolute atomic E-state index is 0.131. The Bertz CT molecular complexity index is 496. The maximum atomic E-state index is 6.25. The topological polar surface area (TPSA) is 26.0 Å². The van der Waals surface area contributed by atoms with Gasteiger partial charge < -0.3 is 5.73 Å². The molecule has 1 unspecified atom stereocenters. The van der Waals surface area contributed by atoms with Gasteiger partial charge in [0, 0.05) is 6.04 Å². The first-order valence-corrected chi connectivity index (χ1v) is 7.09. The Morgan fingerprint density at radius 1 is 0.895 bits per heavy atom. The summed E-state index contributed by atoms with van der Waals surface area (Å²) in [6.45, 7) is 4.28. The zero-order valence-electron chi connectivity index (χ0n) is 11.9. The van der Waals surface area contributed by atoms with E-state index < -0.39 is 0 Å². The lowest BCUT2D eigenvalue weighted by molar-refractivity contribution is 0.651. The molecule has 0 aliphatic rings. The van der Waals surface area contributed by atoms with E-state index in [4.69, 9.17) is 5.73 Å². The molecule has 19 heavy (non-hydrogen) atoms. The fourth-order valence-electron chi connectivity index (χ4n) is 2.24. The third-order valence-corrected chi connectivity index (χ3v) is 3.68. The summed E-state index contributed by atoms with van der Waals surface area (Å²) in [7, 11) is 0. The first-order valence-electron chi connectivity index (χ1n) is 7.09. The summed E-state index contributed by atoms with van der Waals surface area (Å²) >= 11 is 0. The van der Waals surface area contributed by atoms with Gasteiger partial charge in [0.25, 0.3) is 0 Å². The SMILES string of the molecule is CCc1ccc(CCC(N)c2ccc(C)cc2)cc1. The van der Waals surface area contributed by atoms with Crippen molar-refractivity contribution in [3.8, 4) is 0 Å². The van der Waals surface area contributed by atoms with Crippen LogP contribution in [-0.4, -0.2) is 0 Å². The number of hydrogen-bond acceptors (Lipinski definition) is 1. The fraction of sp³-hybridized carbons (Fsp3) is 0.333. The normalized spacial score (nSPS) is 12.4. The van der Waals surface area contributed by atoms with Gasteiger partial charge in [-0.05, 0) is 42.9 Å². The van der Waals surface area contributed by atoms with Crippen molar-refractivity contribution in [2.45, 2.75) is 39.2 Å². The lowest BCUT2D eigenvalue weighted by atomic mass is 9.98. The van der Waals surface area contributed by atoms with Gasteiger partial charge in [-0.15, -0.1) is 0 Å². The highest BCUT2D eigenvalue weighted by atomic mass is 14.6. The van der Waals surface area contributed by atoms with Crippen LogP contribution in [0.5, 0.6) is 0 Å². The lowest BCUT2D eigenvalue weighted by Gasteiger charge is -2.12. The standard InChI is InChI=1S/C18H23N/c1-3-15-6-8-16(9-7-15)10-13-18(19)17-11-4-14(2)5-12-17/h4-9,11-12,18H,3,10,13,19H2,1-2H3. The van der Waals surface area contributed by atoms with E-state index in [1.807, 2.05) is 0 Å². The molecule has 0 amide bonds. The second-order valence-electron chi connectivity index (χ2n) is 5.23. The van der Waals surface area contributed by atoms with Gasteiger partial charge in [0.1, 0.15) is 0 Å². The summed E-state index contributed by atoms with van der Waals surface area (Å²) in [5.74, 6) is 0. The number of hydrogen-bond donors (Lipinski definition) is 1. The molecule has 2 aromatic rings. The molecule has 0 heterocycles. The van der Waals surface area contributed by atoms with Crippen LogP contribution in [0.4, 0.5) is 0 Å². The minimum Gasteiger partial charge on any atom is -0.324 e. The van der Waals surface area contributed by atoms with Crippen LogP contribution < -0.4 is 5.73 Å². The first-order chi connectivity index (χ1) is 9.19. The lowest BCUT2D eigenvalue weighted by Crippen LogP contribution is -2.11. The molecule has 0 aliphatic carbocycles. The van der Waals surface area contributed by atoms with Crippen molar-refractivity contribution in [1.82, 2.24) is 0 Å². The molecule has 0 saturated carbocycles. The Morgan fingerprint density at radius 3 is 2.05 bits per heavy atom. The zero-order valence-corrected chi connectivity index (χ0v) is 11.9. The third-order valence-electron chi connectivity index (χ3n) is 3.68. The number of aryl methyl sites for hydroxylation is 3. The zero-order chi connectivity index (χ0) is 13.7. The van der Waals surface area contributed by atoms with Gasteiger partial charge in [0.15, 0.2) is 0 Å². The van der Waals surface area contributed by atoms with Gasteiger partial charge in [-0.1, -0.05) is 61.0 Å². The molecule has 100 valence electrons. The van der Waals surface area contributed by atoms with Crippen LogP contribution in [0.1, 0.15) is 41.6 Å². The van der Waals surface area contributed by atoms with Gasteiger partial charge >= 0.3 is 0 Å². The molecule has 0 aliphatic heterocycles. The summed E-state index contributed by atoms with van der Waals surface area (Å²) in [4.78, 5) is 0. The van der Waals surface area contributed by atoms with Crippen molar-refractivity contribution >= 4 is 0 Å². The molecule has 0 radical (unpaired) electrons. The summed E-state index contributed by atoms with van der Waals surface area (Å²) in [5, 5.41) is 0. The predicted octanol–water partition coefficient (Wildman–Crippen LogP) is 4.19. The molecule has 2 aromatic carbocycles. The van der Waals surface area contributed by atoms with Crippen LogP contribution in [0.25, 0.3) is 0 Å². The maximum absolute atomic E-state index is 6.25. The van der Waals surface area contributed by atoms with Crippen LogP contribution in [-0.2, 0) is 12.8 Å². The van der Waals surface area contributed by atoms with Gasteiger partial charge in [0.05, 0.1) is 0 Å². The Kier molecular flexibility index (Phi) is 4.75. The van der Waals surface area contributed by atoms with E-state index in [-0.39, 0.29) is 6.04 Å². The minimum atomic E-state index is 0.131. The highest BCUT2D eigenvalue weighted by molar-refractivity contribution is 5.25. The van der Waals surface area contributed by atoms with Crippen LogP contribution in [0, 0.1) is 6.92 Å². The predicted molar refractivity (Wildman–Crippen MR) is 82.2 cm³/mol. The van der Waals surface area contributed by atoms with Gasteiger partial charge in [-0.25, -0.2) is 0 Å². The monoisotopic (exact) mass is 253 g/mol. The van der Waals surface area contributed by atoms with Crippen LogP contribution in [0.3, 0.4) is 0 Å². The molecule has 2 N–H and O–H groups in total. The van der Waals surface area contributed by atoms with Crippen LogP contribution >= 0.6 is 0 Å². The molecule has 0 bridgehead atoms. The molecule has 0 spiro atoms. The van der Waals surface area contributed by atoms with Crippen molar-refractivity contribution in [1.29, 1.82) is 0 Å².